The molecule has 1 rings (SSSR count). The summed E-state index contributed by atoms with van der Waals surface area (Å²) >= 11 is 3.95. The molecule has 1 N–H and O–H groups in total. The van der Waals surface area contributed by atoms with Crippen LogP contribution in [0, 0.1) is 11.3 Å². The maximum Gasteiger partial charge on any atom is 0.339 e. The van der Waals surface area contributed by atoms with Gasteiger partial charge in [-0.05, 0) is 19.1 Å². The van der Waals surface area contributed by atoms with Gasteiger partial charge >= 0.3 is 5.97 Å². The number of carbonyl (C=O) groups is 1. The van der Waals surface area contributed by atoms with Crippen molar-refractivity contribution in [3.05, 3.63) is 23.3 Å². The molecule has 0 heterocycles. The van der Waals surface area contributed by atoms with Crippen LogP contribution >= 0.6 is 12.6 Å². The Morgan fingerprint density at radius 3 is 2.87 bits per heavy atom. The van der Waals surface area contributed by atoms with Crippen molar-refractivity contribution in [1.29, 1.82) is 5.26 Å². The SMILES string of the molecule is CCOC(=O)c1cc(S)c(O)cc1C#N. The molecule has 0 bridgehead atoms. The molecule has 0 saturated carbocycles. The molecule has 1 aromatic carbocycles. The molecular weight excluding hydrogens is 214 g/mol. The molecule has 0 spiro atoms. The molecule has 0 atom stereocenters. The number of nitriles is 1. The summed E-state index contributed by atoms with van der Waals surface area (Å²) in [5.41, 5.74) is 0.186. The number of esters is 1. The van der Waals surface area contributed by atoms with Gasteiger partial charge in [0, 0.05) is 4.90 Å². The van der Waals surface area contributed by atoms with Gasteiger partial charge in [0.05, 0.1) is 17.7 Å². The first kappa shape index (κ1) is 11.4. The highest BCUT2D eigenvalue weighted by molar-refractivity contribution is 7.80. The number of nitrogens with zero attached hydrogens (tertiary/aromatic N) is 1. The Hall–Kier alpha value is -1.67. The van der Waals surface area contributed by atoms with Crippen LogP contribution in [-0.2, 0) is 4.74 Å². The average Bonchev–Trinajstić information content (AvgIpc) is 2.21. The summed E-state index contributed by atoms with van der Waals surface area (Å²) in [6, 6.07) is 4.31. The van der Waals surface area contributed by atoms with Gasteiger partial charge in [-0.1, -0.05) is 0 Å². The van der Waals surface area contributed by atoms with Crippen molar-refractivity contribution in [3.8, 4) is 11.8 Å². The molecule has 0 aliphatic carbocycles. The lowest BCUT2D eigenvalue weighted by molar-refractivity contribution is 0.0525. The van der Waals surface area contributed by atoms with Crippen molar-refractivity contribution in [3.63, 3.8) is 0 Å². The van der Waals surface area contributed by atoms with E-state index in [0.29, 0.717) is 0 Å². The number of hydrogen-bond acceptors (Lipinski definition) is 5. The number of carbonyl (C=O) groups excluding carboxylic acids is 1. The molecule has 1 aromatic rings. The predicted molar refractivity (Wildman–Crippen MR) is 56.0 cm³/mol. The van der Waals surface area contributed by atoms with Crippen LogP contribution in [0.15, 0.2) is 17.0 Å². The quantitative estimate of drug-likeness (QED) is 0.591. The van der Waals surface area contributed by atoms with E-state index in [-0.39, 0.29) is 28.4 Å². The topological polar surface area (TPSA) is 70.3 Å². The van der Waals surface area contributed by atoms with E-state index in [2.05, 4.69) is 12.6 Å². The molecule has 0 aliphatic heterocycles. The summed E-state index contributed by atoms with van der Waals surface area (Å²) in [7, 11) is 0. The third kappa shape index (κ3) is 2.42. The summed E-state index contributed by atoms with van der Waals surface area (Å²) in [5.74, 6) is -0.729. The summed E-state index contributed by atoms with van der Waals surface area (Å²) in [6.45, 7) is 1.90. The Morgan fingerprint density at radius 1 is 1.67 bits per heavy atom. The summed E-state index contributed by atoms with van der Waals surface area (Å²) in [6.07, 6.45) is 0. The average molecular weight is 223 g/mol. The Kier molecular flexibility index (Phi) is 3.58. The summed E-state index contributed by atoms with van der Waals surface area (Å²) in [4.78, 5) is 11.6. The largest absolute Gasteiger partial charge is 0.507 e. The van der Waals surface area contributed by atoms with Gasteiger partial charge in [0.1, 0.15) is 11.8 Å². The van der Waals surface area contributed by atoms with Crippen LogP contribution in [-0.4, -0.2) is 17.7 Å². The van der Waals surface area contributed by atoms with Crippen LogP contribution in [0.25, 0.3) is 0 Å². The standard InChI is InChI=1S/C10H9NO3S/c1-2-14-10(13)7-4-9(15)8(12)3-6(7)5-11/h3-4,12,15H,2H2,1H3. The highest BCUT2D eigenvalue weighted by atomic mass is 32.1. The van der Waals surface area contributed by atoms with Crippen LogP contribution in [0.2, 0.25) is 0 Å². The molecule has 0 aromatic heterocycles. The molecule has 4 nitrogen and oxygen atoms in total. The minimum atomic E-state index is -0.593. The van der Waals surface area contributed by atoms with Crippen molar-refractivity contribution in [2.24, 2.45) is 0 Å². The van der Waals surface area contributed by atoms with E-state index in [0.717, 1.165) is 0 Å². The molecular formula is C10H9NO3S. The van der Waals surface area contributed by atoms with Crippen LogP contribution in [0.5, 0.6) is 5.75 Å². The third-order valence-corrected chi connectivity index (χ3v) is 2.09. The maximum atomic E-state index is 11.4. The molecule has 5 heteroatoms. The van der Waals surface area contributed by atoms with Gasteiger partial charge in [-0.2, -0.15) is 5.26 Å². The van der Waals surface area contributed by atoms with Gasteiger partial charge in [0.25, 0.3) is 0 Å². The van der Waals surface area contributed by atoms with E-state index in [4.69, 9.17) is 10.00 Å². The molecule has 0 aliphatic rings. The van der Waals surface area contributed by atoms with E-state index in [1.807, 2.05) is 6.07 Å². The Bertz CT molecular complexity index is 437. The molecule has 0 unspecified atom stereocenters. The number of hydrogen-bond donors (Lipinski definition) is 2. The van der Waals surface area contributed by atoms with Crippen molar-refractivity contribution in [2.45, 2.75) is 11.8 Å². The smallest absolute Gasteiger partial charge is 0.339 e. The highest BCUT2D eigenvalue weighted by Crippen LogP contribution is 2.25. The van der Waals surface area contributed by atoms with Crippen molar-refractivity contribution in [1.82, 2.24) is 0 Å². The van der Waals surface area contributed by atoms with Crippen molar-refractivity contribution < 1.29 is 14.6 Å². The lowest BCUT2D eigenvalue weighted by Gasteiger charge is -2.05. The molecule has 0 radical (unpaired) electrons. The minimum absolute atomic E-state index is 0.0729. The molecule has 0 saturated heterocycles. The van der Waals surface area contributed by atoms with Gasteiger partial charge in [-0.3, -0.25) is 0 Å². The number of phenolic OH excluding ortho intramolecular Hbond substituents is 1. The van der Waals surface area contributed by atoms with Gasteiger partial charge in [0.2, 0.25) is 0 Å². The van der Waals surface area contributed by atoms with E-state index >= 15 is 0 Å². The number of aromatic hydroxyl groups is 1. The van der Waals surface area contributed by atoms with Crippen LogP contribution in [0.4, 0.5) is 0 Å². The fourth-order valence-electron chi connectivity index (χ4n) is 1.05. The van der Waals surface area contributed by atoms with E-state index in [9.17, 15) is 9.90 Å². The molecule has 0 fully saturated rings. The van der Waals surface area contributed by atoms with Crippen LogP contribution in [0.3, 0.4) is 0 Å². The fourth-order valence-corrected chi connectivity index (χ4v) is 1.24. The number of ether oxygens (including phenoxy) is 1. The molecule has 78 valence electrons. The van der Waals surface area contributed by atoms with Crippen molar-refractivity contribution in [2.75, 3.05) is 6.61 Å². The third-order valence-electron chi connectivity index (χ3n) is 1.73. The van der Waals surface area contributed by atoms with Gasteiger partial charge < -0.3 is 9.84 Å². The fraction of sp³-hybridized carbons (Fsp3) is 0.200. The first-order valence-corrected chi connectivity index (χ1v) is 4.68. The second kappa shape index (κ2) is 4.71. The predicted octanol–water partition coefficient (Wildman–Crippen LogP) is 1.73. The zero-order valence-electron chi connectivity index (χ0n) is 8.02. The van der Waals surface area contributed by atoms with Crippen LogP contribution in [0.1, 0.15) is 22.8 Å². The number of phenols is 1. The van der Waals surface area contributed by atoms with E-state index in [1.165, 1.54) is 12.1 Å². The first-order valence-electron chi connectivity index (χ1n) is 4.23. The second-order valence-electron chi connectivity index (χ2n) is 2.72. The normalized spacial score (nSPS) is 9.40. The van der Waals surface area contributed by atoms with Gasteiger partial charge in [-0.25, -0.2) is 4.79 Å². The second-order valence-corrected chi connectivity index (χ2v) is 3.20. The molecule has 0 amide bonds. The monoisotopic (exact) mass is 223 g/mol. The summed E-state index contributed by atoms with van der Waals surface area (Å²) < 4.78 is 4.76. The Balaban J connectivity index is 3.23. The number of rotatable bonds is 2. The van der Waals surface area contributed by atoms with Crippen LogP contribution < -0.4 is 0 Å². The Morgan fingerprint density at radius 2 is 2.33 bits per heavy atom. The van der Waals surface area contributed by atoms with E-state index in [1.54, 1.807) is 6.92 Å². The zero-order valence-corrected chi connectivity index (χ0v) is 8.91. The van der Waals surface area contributed by atoms with E-state index < -0.39 is 5.97 Å². The number of benzene rings is 1. The minimum Gasteiger partial charge on any atom is -0.507 e. The maximum absolute atomic E-state index is 11.4. The first-order chi connectivity index (χ1) is 7.10. The van der Waals surface area contributed by atoms with Gasteiger partial charge in [0.15, 0.2) is 0 Å². The zero-order chi connectivity index (χ0) is 11.4. The lowest BCUT2D eigenvalue weighted by Crippen LogP contribution is -2.07. The lowest BCUT2D eigenvalue weighted by atomic mass is 10.1. The summed E-state index contributed by atoms with van der Waals surface area (Å²) in [5, 5.41) is 18.0. The van der Waals surface area contributed by atoms with Crippen molar-refractivity contribution >= 4 is 18.6 Å². The highest BCUT2D eigenvalue weighted by Gasteiger charge is 2.14. The Labute approximate surface area is 92.5 Å². The van der Waals surface area contributed by atoms with Gasteiger partial charge in [-0.15, -0.1) is 12.6 Å². The molecule has 15 heavy (non-hydrogen) atoms. The number of thiol groups is 1.